The van der Waals surface area contributed by atoms with E-state index in [9.17, 15) is 0 Å². The van der Waals surface area contributed by atoms with E-state index in [-0.39, 0.29) is 0 Å². The molecule has 0 radical (unpaired) electrons. The molecule has 0 saturated carbocycles. The quantitative estimate of drug-likeness (QED) is 0.537. The van der Waals surface area contributed by atoms with Gasteiger partial charge in [0, 0.05) is 0 Å². The maximum atomic E-state index is 5.85. The van der Waals surface area contributed by atoms with Crippen molar-refractivity contribution in [3.05, 3.63) is 24.3 Å². The highest BCUT2D eigenvalue weighted by Crippen LogP contribution is 2.61. The molecule has 0 unspecified atom stereocenters. The van der Waals surface area contributed by atoms with Crippen LogP contribution in [0.4, 0.5) is 0 Å². The third kappa shape index (κ3) is 2.31. The number of alkyl halides is 6. The second-order valence-corrected chi connectivity index (χ2v) is 7.52. The summed E-state index contributed by atoms with van der Waals surface area (Å²) in [4.78, 5) is 0. The van der Waals surface area contributed by atoms with E-state index in [4.69, 9.17) is 69.6 Å². The van der Waals surface area contributed by atoms with Gasteiger partial charge >= 0.3 is 0 Å². The topological polar surface area (TPSA) is 0 Å². The summed E-state index contributed by atoms with van der Waals surface area (Å²) >= 11 is 35.1. The lowest BCUT2D eigenvalue weighted by atomic mass is 9.84. The molecule has 1 rings (SSSR count). The van der Waals surface area contributed by atoms with Crippen LogP contribution in [-0.2, 0) is 0 Å². The summed E-state index contributed by atoms with van der Waals surface area (Å²) in [6.45, 7) is 0. The summed E-state index contributed by atoms with van der Waals surface area (Å²) in [6.07, 6.45) is 7.30. The van der Waals surface area contributed by atoms with Crippen LogP contribution in [0.5, 0.6) is 0 Å². The Bertz CT molecular complexity index is 253. The van der Waals surface area contributed by atoms with Crippen molar-refractivity contribution in [2.45, 2.75) is 14.0 Å². The van der Waals surface area contributed by atoms with Crippen molar-refractivity contribution in [3.8, 4) is 0 Å². The first-order valence-electron chi connectivity index (χ1n) is 3.68. The van der Waals surface area contributed by atoms with Gasteiger partial charge < -0.3 is 0 Å². The first-order chi connectivity index (χ1) is 6.21. The molecule has 0 bridgehead atoms. The maximum absolute atomic E-state index is 5.85. The summed E-state index contributed by atoms with van der Waals surface area (Å²) in [6, 6.07) is 0. The largest absolute Gasteiger partial charge is 0.203 e. The highest BCUT2D eigenvalue weighted by molar-refractivity contribution is 6.73. The van der Waals surface area contributed by atoms with Gasteiger partial charge in [0.15, 0.2) is 0 Å². The van der Waals surface area contributed by atoms with E-state index in [0.717, 1.165) is 0 Å². The fourth-order valence-corrected chi connectivity index (χ4v) is 3.33. The van der Waals surface area contributed by atoms with Crippen molar-refractivity contribution in [3.63, 3.8) is 0 Å². The lowest BCUT2D eigenvalue weighted by Gasteiger charge is -2.42. The summed E-state index contributed by atoms with van der Waals surface area (Å²) in [5.74, 6) is 0. The highest BCUT2D eigenvalue weighted by Gasteiger charge is 2.58. The number of allylic oxidation sites excluding steroid dienone is 4. The Morgan fingerprint density at radius 2 is 1.36 bits per heavy atom. The van der Waals surface area contributed by atoms with E-state index in [1.165, 1.54) is 0 Å². The predicted octanol–water partition coefficient (Wildman–Crippen LogP) is 5.23. The number of halogens is 6. The summed E-state index contributed by atoms with van der Waals surface area (Å²) in [7, 11) is 0. The predicted molar refractivity (Wildman–Crippen MR) is 65.9 cm³/mol. The normalized spacial score (nSPS) is 21.3. The molecule has 0 aromatic carbocycles. The second kappa shape index (κ2) is 4.24. The molecule has 0 aliphatic heterocycles. The molecule has 0 saturated heterocycles. The molecule has 80 valence electrons. The van der Waals surface area contributed by atoms with Gasteiger partial charge in [-0.2, -0.15) is 0 Å². The Morgan fingerprint density at radius 1 is 0.857 bits per heavy atom. The van der Waals surface area contributed by atoms with E-state index in [1.807, 2.05) is 6.08 Å². The Balaban J connectivity index is 3.18. The van der Waals surface area contributed by atoms with Gasteiger partial charge in [0.1, 0.15) is 0 Å². The number of hydrogen-bond donors (Lipinski definition) is 0. The zero-order valence-corrected chi connectivity index (χ0v) is 11.3. The number of hydrogen-bond acceptors (Lipinski definition) is 0. The van der Waals surface area contributed by atoms with Crippen LogP contribution < -0.4 is 0 Å². The monoisotopic (exact) mass is 312 g/mol. The molecule has 0 atom stereocenters. The molecule has 0 amide bonds. The molecular weight excluding hydrogens is 309 g/mol. The minimum atomic E-state index is -1.67. The van der Waals surface area contributed by atoms with Gasteiger partial charge in [-0.3, -0.25) is 0 Å². The number of rotatable bonds is 0. The zero-order chi connectivity index (χ0) is 11.0. The minimum Gasteiger partial charge on any atom is -0.0834 e. The van der Waals surface area contributed by atoms with Crippen LogP contribution in [0, 0.1) is 5.41 Å². The van der Waals surface area contributed by atoms with Crippen LogP contribution in [-0.4, -0.2) is 7.59 Å². The average molecular weight is 315 g/mol. The summed E-state index contributed by atoms with van der Waals surface area (Å²) in [5.41, 5.74) is -1.12. The Kier molecular flexibility index (Phi) is 4.02. The fraction of sp³-hybridized carbons (Fsp3) is 0.500. The fourth-order valence-electron chi connectivity index (χ4n) is 1.20. The molecule has 0 spiro atoms. The molecule has 14 heavy (non-hydrogen) atoms. The van der Waals surface area contributed by atoms with Gasteiger partial charge in [0.25, 0.3) is 0 Å². The van der Waals surface area contributed by atoms with E-state index < -0.39 is 13.0 Å². The first-order valence-corrected chi connectivity index (χ1v) is 5.95. The summed E-state index contributed by atoms with van der Waals surface area (Å²) < 4.78 is -3.33. The SMILES string of the molecule is ClC(Cl)(Cl)C1(C(Cl)(Cl)Cl)C=CC=CC1. The Labute approximate surface area is 113 Å². The van der Waals surface area contributed by atoms with Gasteiger partial charge in [-0.25, -0.2) is 0 Å². The molecule has 0 fully saturated rings. The van der Waals surface area contributed by atoms with Crippen LogP contribution in [0.25, 0.3) is 0 Å². The minimum absolute atomic E-state index is 0.372. The van der Waals surface area contributed by atoms with Gasteiger partial charge in [0.2, 0.25) is 7.59 Å². The van der Waals surface area contributed by atoms with Gasteiger partial charge in [-0.05, 0) is 6.42 Å². The van der Waals surface area contributed by atoms with Crippen LogP contribution in [0.2, 0.25) is 0 Å². The van der Waals surface area contributed by atoms with Crippen molar-refractivity contribution in [1.29, 1.82) is 0 Å². The van der Waals surface area contributed by atoms with E-state index in [1.54, 1.807) is 18.2 Å². The molecule has 6 heteroatoms. The van der Waals surface area contributed by atoms with Crippen molar-refractivity contribution in [2.75, 3.05) is 0 Å². The van der Waals surface area contributed by atoms with E-state index >= 15 is 0 Å². The molecule has 0 nitrogen and oxygen atoms in total. The van der Waals surface area contributed by atoms with Crippen LogP contribution in [0.3, 0.4) is 0 Å². The van der Waals surface area contributed by atoms with E-state index in [2.05, 4.69) is 0 Å². The molecule has 0 aromatic heterocycles. The van der Waals surface area contributed by atoms with Crippen LogP contribution in [0.15, 0.2) is 24.3 Å². The van der Waals surface area contributed by atoms with Crippen LogP contribution in [0.1, 0.15) is 6.42 Å². The smallest absolute Gasteiger partial charge is 0.0834 e. The second-order valence-electron chi connectivity index (χ2n) is 2.96. The van der Waals surface area contributed by atoms with Crippen molar-refractivity contribution in [1.82, 2.24) is 0 Å². The van der Waals surface area contributed by atoms with Crippen molar-refractivity contribution in [2.24, 2.45) is 5.41 Å². The first kappa shape index (κ1) is 13.3. The van der Waals surface area contributed by atoms with Crippen LogP contribution >= 0.6 is 69.6 Å². The molecular formula is C8H6Cl6. The molecule has 0 N–H and O–H groups in total. The molecule has 1 aliphatic rings. The average Bonchev–Trinajstić information content (AvgIpc) is 2.02. The molecule has 1 aliphatic carbocycles. The lowest BCUT2D eigenvalue weighted by molar-refractivity contribution is 0.399. The Morgan fingerprint density at radius 3 is 1.57 bits per heavy atom. The lowest BCUT2D eigenvalue weighted by Crippen LogP contribution is -2.45. The van der Waals surface area contributed by atoms with Crippen molar-refractivity contribution >= 4 is 69.6 Å². The Hall–Kier alpha value is 1.22. The zero-order valence-electron chi connectivity index (χ0n) is 6.78. The van der Waals surface area contributed by atoms with Gasteiger partial charge in [0.05, 0.1) is 5.41 Å². The maximum Gasteiger partial charge on any atom is 0.203 e. The standard InChI is InChI=1S/C8H6Cl6/c9-7(10,11)6(8(12,13)14)4-2-1-3-5-6/h1-4H,5H2. The highest BCUT2D eigenvalue weighted by atomic mass is 35.6. The molecule has 0 aromatic rings. The van der Waals surface area contributed by atoms with E-state index in [0.29, 0.717) is 6.42 Å². The van der Waals surface area contributed by atoms with Gasteiger partial charge in [-0.15, -0.1) is 0 Å². The summed E-state index contributed by atoms with van der Waals surface area (Å²) in [5, 5.41) is 0. The van der Waals surface area contributed by atoms with Crippen molar-refractivity contribution < 1.29 is 0 Å². The van der Waals surface area contributed by atoms with Gasteiger partial charge in [-0.1, -0.05) is 93.9 Å². The third-order valence-electron chi connectivity index (χ3n) is 2.08. The third-order valence-corrected chi connectivity index (χ3v) is 4.10. The molecule has 0 heterocycles.